The number of aryl methyl sites for hydroxylation is 1. The summed E-state index contributed by atoms with van der Waals surface area (Å²) >= 11 is 1.74. The Hall–Kier alpha value is -1.20. The van der Waals surface area contributed by atoms with Gasteiger partial charge < -0.3 is 5.32 Å². The predicted molar refractivity (Wildman–Crippen MR) is 78.8 cm³/mol. The topological polar surface area (TPSA) is 41.0 Å². The third kappa shape index (κ3) is 2.11. The van der Waals surface area contributed by atoms with Gasteiger partial charge in [-0.3, -0.25) is 4.90 Å². The van der Waals surface area contributed by atoms with E-state index in [1.807, 2.05) is 0 Å². The van der Waals surface area contributed by atoms with Gasteiger partial charge in [-0.05, 0) is 37.1 Å². The highest BCUT2D eigenvalue weighted by atomic mass is 32.1. The van der Waals surface area contributed by atoms with Crippen LogP contribution in [-0.4, -0.2) is 40.0 Å². The maximum Gasteiger partial charge on any atom is 0.147 e. The number of hydrogen-bond donors (Lipinski definition) is 1. The molecule has 0 radical (unpaired) electrons. The number of thiophene rings is 1. The molecule has 0 amide bonds. The maximum atomic E-state index is 4.44. The number of hydrogen-bond acceptors (Lipinski definition) is 5. The van der Waals surface area contributed by atoms with Crippen LogP contribution in [0.3, 0.4) is 0 Å². The number of nitrogens with zero attached hydrogens (tertiary/aromatic N) is 3. The van der Waals surface area contributed by atoms with E-state index in [4.69, 9.17) is 0 Å². The Morgan fingerprint density at radius 3 is 3.05 bits per heavy atom. The number of aromatic nitrogens is 2. The lowest BCUT2D eigenvalue weighted by molar-refractivity contribution is 0.326. The summed E-state index contributed by atoms with van der Waals surface area (Å²) in [6, 6.07) is 1.42. The van der Waals surface area contributed by atoms with Gasteiger partial charge in [-0.25, -0.2) is 9.97 Å². The Labute approximate surface area is 116 Å². The Bertz CT molecular complexity index is 605. The lowest BCUT2D eigenvalue weighted by Gasteiger charge is -2.16. The molecule has 2 aromatic heterocycles. The molecule has 0 bridgehead atoms. The first-order chi connectivity index (χ1) is 9.31. The van der Waals surface area contributed by atoms with E-state index in [-0.39, 0.29) is 0 Å². The van der Waals surface area contributed by atoms with E-state index in [0.29, 0.717) is 6.04 Å². The summed E-state index contributed by atoms with van der Waals surface area (Å²) in [7, 11) is 0. The van der Waals surface area contributed by atoms with Crippen molar-refractivity contribution >= 4 is 27.4 Å². The van der Waals surface area contributed by atoms with Gasteiger partial charge in [0.15, 0.2) is 0 Å². The van der Waals surface area contributed by atoms with Crippen molar-refractivity contribution in [3.05, 3.63) is 17.3 Å². The van der Waals surface area contributed by atoms with Crippen LogP contribution in [0.1, 0.15) is 24.8 Å². The average molecular weight is 274 g/mol. The summed E-state index contributed by atoms with van der Waals surface area (Å²) in [4.78, 5) is 11.4. The van der Waals surface area contributed by atoms with Crippen molar-refractivity contribution in [2.75, 3.05) is 18.4 Å². The van der Waals surface area contributed by atoms with E-state index in [2.05, 4.69) is 32.5 Å². The summed E-state index contributed by atoms with van der Waals surface area (Å²) in [5.41, 5.74) is 2.34. The minimum absolute atomic E-state index is 0.543. The highest BCUT2D eigenvalue weighted by molar-refractivity contribution is 7.18. The minimum Gasteiger partial charge on any atom is -0.365 e. The molecule has 1 aliphatic heterocycles. The second-order valence-corrected chi connectivity index (χ2v) is 6.55. The van der Waals surface area contributed by atoms with Crippen molar-refractivity contribution in [1.29, 1.82) is 0 Å². The number of likely N-dealkylation sites (tertiary alicyclic amines) is 1. The molecule has 4 nitrogen and oxygen atoms in total. The summed E-state index contributed by atoms with van der Waals surface area (Å²) in [6.45, 7) is 4.51. The molecule has 1 aliphatic carbocycles. The molecule has 1 atom stereocenters. The molecule has 0 aromatic carbocycles. The minimum atomic E-state index is 0.543. The van der Waals surface area contributed by atoms with Crippen LogP contribution in [0, 0.1) is 6.92 Å². The van der Waals surface area contributed by atoms with E-state index in [9.17, 15) is 0 Å². The Morgan fingerprint density at radius 1 is 1.32 bits per heavy atom. The lowest BCUT2D eigenvalue weighted by Crippen LogP contribution is -2.28. The first kappa shape index (κ1) is 11.6. The number of anilines is 1. The molecular weight excluding hydrogens is 256 g/mol. The summed E-state index contributed by atoms with van der Waals surface area (Å²) < 4.78 is 1.20. The number of nitrogens with one attached hydrogen (secondary N) is 1. The highest BCUT2D eigenvalue weighted by Gasteiger charge is 2.34. The van der Waals surface area contributed by atoms with Crippen LogP contribution in [0.4, 0.5) is 5.82 Å². The van der Waals surface area contributed by atoms with Crippen LogP contribution in [0.15, 0.2) is 11.7 Å². The van der Waals surface area contributed by atoms with E-state index < -0.39 is 0 Å². The zero-order valence-electron chi connectivity index (χ0n) is 11.1. The fourth-order valence-electron chi connectivity index (χ4n) is 2.94. The van der Waals surface area contributed by atoms with Gasteiger partial charge >= 0.3 is 0 Å². The average Bonchev–Trinajstić information content (AvgIpc) is 3.06. The molecule has 19 heavy (non-hydrogen) atoms. The fraction of sp³-hybridized carbons (Fsp3) is 0.571. The zero-order chi connectivity index (χ0) is 12.8. The molecule has 100 valence electrons. The molecule has 2 aromatic rings. The van der Waals surface area contributed by atoms with Crippen molar-refractivity contribution in [3.63, 3.8) is 0 Å². The van der Waals surface area contributed by atoms with Crippen molar-refractivity contribution in [1.82, 2.24) is 14.9 Å². The van der Waals surface area contributed by atoms with E-state index in [1.165, 1.54) is 42.6 Å². The third-order valence-corrected chi connectivity index (χ3v) is 5.25. The molecule has 5 heteroatoms. The SMILES string of the molecule is Cc1csc2c(NC3CCN(C4CC4)C3)ncnc12. The van der Waals surface area contributed by atoms with Gasteiger partial charge in [-0.15, -0.1) is 11.3 Å². The van der Waals surface area contributed by atoms with Crippen molar-refractivity contribution in [3.8, 4) is 0 Å². The predicted octanol–water partition coefficient (Wildman–Crippen LogP) is 2.65. The molecule has 0 spiro atoms. The summed E-state index contributed by atoms with van der Waals surface area (Å²) in [6.07, 6.45) is 5.70. The highest BCUT2D eigenvalue weighted by Crippen LogP contribution is 2.32. The molecule has 1 saturated heterocycles. The summed E-state index contributed by atoms with van der Waals surface area (Å²) in [5, 5.41) is 5.79. The quantitative estimate of drug-likeness (QED) is 0.934. The van der Waals surface area contributed by atoms with Crippen molar-refractivity contribution < 1.29 is 0 Å². The van der Waals surface area contributed by atoms with Gasteiger partial charge in [0.2, 0.25) is 0 Å². The third-order valence-electron chi connectivity index (χ3n) is 4.15. The number of fused-ring (bicyclic) bond motifs is 1. The monoisotopic (exact) mass is 274 g/mol. The first-order valence-electron chi connectivity index (χ1n) is 7.00. The number of rotatable bonds is 3. The van der Waals surface area contributed by atoms with Crippen LogP contribution in [-0.2, 0) is 0 Å². The maximum absolute atomic E-state index is 4.44. The normalized spacial score (nSPS) is 24.2. The van der Waals surface area contributed by atoms with Gasteiger partial charge in [-0.1, -0.05) is 0 Å². The van der Waals surface area contributed by atoms with E-state index in [1.54, 1.807) is 17.7 Å². The first-order valence-corrected chi connectivity index (χ1v) is 7.88. The van der Waals surface area contributed by atoms with E-state index >= 15 is 0 Å². The standard InChI is InChI=1S/C14H18N4S/c1-9-7-19-13-12(9)15-8-16-14(13)17-10-4-5-18(6-10)11-2-3-11/h7-8,10-11H,2-6H2,1H3,(H,15,16,17). The lowest BCUT2D eigenvalue weighted by atomic mass is 10.2. The van der Waals surface area contributed by atoms with Gasteiger partial charge in [-0.2, -0.15) is 0 Å². The van der Waals surface area contributed by atoms with Gasteiger partial charge in [0.05, 0.1) is 10.2 Å². The van der Waals surface area contributed by atoms with Gasteiger partial charge in [0, 0.05) is 25.2 Å². The van der Waals surface area contributed by atoms with Crippen LogP contribution in [0.25, 0.3) is 10.2 Å². The fourth-order valence-corrected chi connectivity index (χ4v) is 3.90. The smallest absolute Gasteiger partial charge is 0.147 e. The molecule has 1 saturated carbocycles. The second kappa shape index (κ2) is 4.42. The molecule has 4 rings (SSSR count). The van der Waals surface area contributed by atoms with Crippen LogP contribution < -0.4 is 5.32 Å². The van der Waals surface area contributed by atoms with Crippen LogP contribution in [0.2, 0.25) is 0 Å². The summed E-state index contributed by atoms with van der Waals surface area (Å²) in [5.74, 6) is 1.02. The molecule has 2 fully saturated rings. The Balaban J connectivity index is 1.55. The van der Waals surface area contributed by atoms with Gasteiger partial charge in [0.1, 0.15) is 12.1 Å². The second-order valence-electron chi connectivity index (χ2n) is 5.67. The van der Waals surface area contributed by atoms with E-state index in [0.717, 1.165) is 17.4 Å². The molecular formula is C14H18N4S. The molecule has 3 heterocycles. The van der Waals surface area contributed by atoms with Crippen LogP contribution >= 0.6 is 11.3 Å². The van der Waals surface area contributed by atoms with Gasteiger partial charge in [0.25, 0.3) is 0 Å². The van der Waals surface area contributed by atoms with Crippen molar-refractivity contribution in [2.24, 2.45) is 0 Å². The Morgan fingerprint density at radius 2 is 2.21 bits per heavy atom. The largest absolute Gasteiger partial charge is 0.365 e. The molecule has 1 N–H and O–H groups in total. The molecule has 2 aliphatic rings. The van der Waals surface area contributed by atoms with Crippen LogP contribution in [0.5, 0.6) is 0 Å². The van der Waals surface area contributed by atoms with Crippen molar-refractivity contribution in [2.45, 2.75) is 38.3 Å². The Kier molecular flexibility index (Phi) is 2.70. The zero-order valence-corrected chi connectivity index (χ0v) is 11.9. The molecule has 1 unspecified atom stereocenters.